The maximum atomic E-state index is 13.3. The molecule has 1 aliphatic heterocycles. The van der Waals surface area contributed by atoms with Gasteiger partial charge in [-0.2, -0.15) is 13.2 Å². The quantitative estimate of drug-likeness (QED) is 0.318. The van der Waals surface area contributed by atoms with Crippen molar-refractivity contribution in [3.05, 3.63) is 78.8 Å². The molecule has 0 saturated carbocycles. The highest BCUT2D eigenvalue weighted by atomic mass is 32.1. The molecule has 0 spiro atoms. The van der Waals surface area contributed by atoms with Gasteiger partial charge in [-0.25, -0.2) is 9.97 Å². The maximum absolute atomic E-state index is 13.3. The van der Waals surface area contributed by atoms with Gasteiger partial charge in [-0.3, -0.25) is 0 Å². The summed E-state index contributed by atoms with van der Waals surface area (Å²) in [4.78, 5) is 12.7. The van der Waals surface area contributed by atoms with Crippen LogP contribution in [0.2, 0.25) is 0 Å². The molecule has 0 aliphatic carbocycles. The zero-order valence-electron chi connectivity index (χ0n) is 19.3. The van der Waals surface area contributed by atoms with Crippen LogP contribution in [0.25, 0.3) is 22.6 Å². The third kappa shape index (κ3) is 4.90. The van der Waals surface area contributed by atoms with E-state index >= 15 is 0 Å². The van der Waals surface area contributed by atoms with Crippen molar-refractivity contribution < 1.29 is 17.6 Å². The van der Waals surface area contributed by atoms with Gasteiger partial charge in [-0.15, -0.1) is 0 Å². The molecular weight excluding hydrogens is 487 g/mol. The van der Waals surface area contributed by atoms with Crippen LogP contribution in [0.4, 0.5) is 30.4 Å². The Morgan fingerprint density at radius 3 is 2.61 bits per heavy atom. The van der Waals surface area contributed by atoms with Gasteiger partial charge in [-0.05, 0) is 55.0 Å². The maximum Gasteiger partial charge on any atom is 0.416 e. The molecule has 1 N–H and O–H groups in total. The van der Waals surface area contributed by atoms with Gasteiger partial charge in [0.2, 0.25) is 0 Å². The van der Waals surface area contributed by atoms with Crippen molar-refractivity contribution in [2.24, 2.45) is 0 Å². The molecule has 0 unspecified atom stereocenters. The number of oxazole rings is 1. The number of nitrogens with one attached hydrogen (secondary N) is 1. The number of fused-ring (bicyclic) bond motifs is 1. The molecule has 5 rings (SSSR count). The summed E-state index contributed by atoms with van der Waals surface area (Å²) < 4.78 is 45.2. The molecule has 36 heavy (non-hydrogen) atoms. The number of anilines is 3. The lowest BCUT2D eigenvalue weighted by Crippen LogP contribution is -2.36. The number of benzene rings is 2. The SMILES string of the molecule is CN1CCCN(C(=S)Nc2cccc(-c3cnco3)c2)c2nc(-c3cccc(C(F)(F)F)c3)ccc21. The topological polar surface area (TPSA) is 57.4 Å². The number of alkyl halides is 3. The van der Waals surface area contributed by atoms with Gasteiger partial charge >= 0.3 is 6.18 Å². The summed E-state index contributed by atoms with van der Waals surface area (Å²) in [7, 11) is 1.96. The summed E-state index contributed by atoms with van der Waals surface area (Å²) in [5, 5.41) is 3.71. The molecule has 2 aromatic heterocycles. The van der Waals surface area contributed by atoms with Crippen molar-refractivity contribution in [1.29, 1.82) is 0 Å². The fourth-order valence-electron chi connectivity index (χ4n) is 4.14. The van der Waals surface area contributed by atoms with Crippen LogP contribution in [0.5, 0.6) is 0 Å². The first-order chi connectivity index (χ1) is 17.3. The largest absolute Gasteiger partial charge is 0.444 e. The minimum Gasteiger partial charge on any atom is -0.444 e. The van der Waals surface area contributed by atoms with Gasteiger partial charge in [0.05, 0.1) is 23.1 Å². The van der Waals surface area contributed by atoms with E-state index < -0.39 is 11.7 Å². The van der Waals surface area contributed by atoms with Crippen molar-refractivity contribution in [3.8, 4) is 22.6 Å². The normalized spacial score (nSPS) is 13.8. The molecule has 0 bridgehead atoms. The van der Waals surface area contributed by atoms with E-state index in [1.54, 1.807) is 18.3 Å². The summed E-state index contributed by atoms with van der Waals surface area (Å²) in [6.45, 7) is 1.39. The highest BCUT2D eigenvalue weighted by Crippen LogP contribution is 2.35. The van der Waals surface area contributed by atoms with Crippen LogP contribution in [0.3, 0.4) is 0 Å². The minimum atomic E-state index is -4.43. The van der Waals surface area contributed by atoms with Crippen LogP contribution in [-0.2, 0) is 6.18 Å². The van der Waals surface area contributed by atoms with E-state index in [9.17, 15) is 13.2 Å². The van der Waals surface area contributed by atoms with Gasteiger partial charge in [-0.1, -0.05) is 24.3 Å². The summed E-state index contributed by atoms with van der Waals surface area (Å²) in [6, 6.07) is 16.4. The number of thiocarbonyl (C=S) groups is 1. The first-order valence-corrected chi connectivity index (χ1v) is 11.7. The number of hydrogen-bond acceptors (Lipinski definition) is 5. The molecule has 0 saturated heterocycles. The lowest BCUT2D eigenvalue weighted by Gasteiger charge is -2.26. The van der Waals surface area contributed by atoms with Crippen molar-refractivity contribution in [2.45, 2.75) is 12.6 Å². The zero-order valence-corrected chi connectivity index (χ0v) is 20.1. The molecule has 0 amide bonds. The minimum absolute atomic E-state index is 0.387. The van der Waals surface area contributed by atoms with Gasteiger partial charge < -0.3 is 19.5 Å². The molecular formula is C26H22F3N5OS. The molecule has 0 radical (unpaired) electrons. The predicted molar refractivity (Wildman–Crippen MR) is 138 cm³/mol. The number of hydrogen-bond donors (Lipinski definition) is 1. The van der Waals surface area contributed by atoms with E-state index in [-0.39, 0.29) is 0 Å². The Hall–Kier alpha value is -3.92. The average Bonchev–Trinajstić information content (AvgIpc) is 3.35. The molecule has 6 nitrogen and oxygen atoms in total. The molecule has 2 aromatic carbocycles. The van der Waals surface area contributed by atoms with Gasteiger partial charge in [0.25, 0.3) is 0 Å². The Kier molecular flexibility index (Phi) is 6.36. The standard InChI is InChI=1S/C26H22F3N5OS/c1-33-11-4-12-34(25(36)31-20-8-3-6-18(14-20)23-15-30-16-35-23)24-22(33)10-9-21(32-24)17-5-2-7-19(13-17)26(27,28)29/h2-3,5-10,13-16H,4,11-12H2,1H3,(H,31,36). The second-order valence-corrected chi connectivity index (χ2v) is 8.81. The molecule has 3 heterocycles. The predicted octanol–water partition coefficient (Wildman–Crippen LogP) is 6.47. The molecule has 0 atom stereocenters. The Morgan fingerprint density at radius 1 is 1.03 bits per heavy atom. The van der Waals surface area contributed by atoms with Crippen LogP contribution >= 0.6 is 12.2 Å². The summed E-state index contributed by atoms with van der Waals surface area (Å²) in [6.07, 6.45) is -0.596. The van der Waals surface area contributed by atoms with Crippen molar-refractivity contribution in [1.82, 2.24) is 9.97 Å². The second kappa shape index (κ2) is 9.62. The highest BCUT2D eigenvalue weighted by molar-refractivity contribution is 7.80. The van der Waals surface area contributed by atoms with Crippen molar-refractivity contribution >= 4 is 34.5 Å². The smallest absolute Gasteiger partial charge is 0.416 e. The van der Waals surface area contributed by atoms with Gasteiger partial charge in [0.15, 0.2) is 23.1 Å². The van der Waals surface area contributed by atoms with E-state index in [2.05, 4.69) is 15.2 Å². The monoisotopic (exact) mass is 509 g/mol. The number of nitrogens with zero attached hydrogens (tertiary/aromatic N) is 4. The average molecular weight is 510 g/mol. The first kappa shape index (κ1) is 23.8. The number of halogens is 3. The molecule has 4 aromatic rings. The van der Waals surface area contributed by atoms with Crippen LogP contribution < -0.4 is 15.1 Å². The van der Waals surface area contributed by atoms with Gasteiger partial charge in [0.1, 0.15) is 0 Å². The molecule has 0 fully saturated rings. The van der Waals surface area contributed by atoms with E-state index in [0.717, 1.165) is 42.0 Å². The van der Waals surface area contributed by atoms with Crippen LogP contribution in [0.15, 0.2) is 77.7 Å². The van der Waals surface area contributed by atoms with Crippen LogP contribution in [-0.4, -0.2) is 35.2 Å². The fraction of sp³-hybridized carbons (Fsp3) is 0.192. The van der Waals surface area contributed by atoms with Crippen molar-refractivity contribution in [2.75, 3.05) is 35.3 Å². The summed E-state index contributed by atoms with van der Waals surface area (Å²) in [5.74, 6) is 1.23. The lowest BCUT2D eigenvalue weighted by atomic mass is 10.1. The van der Waals surface area contributed by atoms with E-state index in [1.165, 1.54) is 12.5 Å². The third-order valence-corrected chi connectivity index (χ3v) is 6.28. The lowest BCUT2D eigenvalue weighted by molar-refractivity contribution is -0.137. The van der Waals surface area contributed by atoms with Crippen molar-refractivity contribution in [3.63, 3.8) is 0 Å². The highest BCUT2D eigenvalue weighted by Gasteiger charge is 2.31. The Labute approximate surface area is 211 Å². The molecule has 184 valence electrons. The molecule has 1 aliphatic rings. The van der Waals surface area contributed by atoms with E-state index in [4.69, 9.17) is 21.6 Å². The Morgan fingerprint density at radius 2 is 1.83 bits per heavy atom. The first-order valence-electron chi connectivity index (χ1n) is 11.3. The number of rotatable bonds is 3. The molecule has 10 heteroatoms. The number of aromatic nitrogens is 2. The summed E-state index contributed by atoms with van der Waals surface area (Å²) >= 11 is 5.78. The van der Waals surface area contributed by atoms with Gasteiger partial charge in [0, 0.05) is 37.0 Å². The Balaban J connectivity index is 1.48. The van der Waals surface area contributed by atoms with Crippen LogP contribution in [0.1, 0.15) is 12.0 Å². The second-order valence-electron chi connectivity index (χ2n) is 8.42. The summed E-state index contributed by atoms with van der Waals surface area (Å²) in [5.41, 5.74) is 2.58. The van der Waals surface area contributed by atoms with E-state index in [1.807, 2.05) is 42.3 Å². The Bertz CT molecular complexity index is 1390. The zero-order chi connectivity index (χ0) is 25.3. The van der Waals surface area contributed by atoms with E-state index in [0.29, 0.717) is 34.5 Å². The van der Waals surface area contributed by atoms with Crippen LogP contribution in [0, 0.1) is 0 Å². The third-order valence-electron chi connectivity index (χ3n) is 5.96. The number of pyridine rings is 1. The fourth-order valence-corrected chi connectivity index (χ4v) is 4.44.